The summed E-state index contributed by atoms with van der Waals surface area (Å²) < 4.78 is 20.7. The number of benzene rings is 1. The third-order valence-corrected chi connectivity index (χ3v) is 9.64. The van der Waals surface area contributed by atoms with Gasteiger partial charge in [-0.05, 0) is 75.7 Å². The zero-order valence-corrected chi connectivity index (χ0v) is 24.0. The summed E-state index contributed by atoms with van der Waals surface area (Å²) in [5.41, 5.74) is 3.89. The average molecular weight is 560 g/mol. The lowest BCUT2D eigenvalue weighted by molar-refractivity contribution is -0.128. The Morgan fingerprint density at radius 1 is 1.27 bits per heavy atom. The summed E-state index contributed by atoms with van der Waals surface area (Å²) in [5.74, 6) is 0.446. The molecule has 9 nitrogen and oxygen atoms in total. The molecule has 0 radical (unpaired) electrons. The summed E-state index contributed by atoms with van der Waals surface area (Å²) in [6.07, 6.45) is 6.01. The second-order valence-corrected chi connectivity index (χ2v) is 11.9. The highest BCUT2D eigenvalue weighted by Gasteiger charge is 2.47. The molecule has 0 bridgehead atoms. The first-order valence-electron chi connectivity index (χ1n) is 14.6. The quantitative estimate of drug-likeness (QED) is 0.398. The van der Waals surface area contributed by atoms with Gasteiger partial charge in [-0.15, -0.1) is 0 Å². The zero-order chi connectivity index (χ0) is 28.7. The summed E-state index contributed by atoms with van der Waals surface area (Å²) in [5, 5.41) is 0. The Hall–Kier alpha value is -3.55. The van der Waals surface area contributed by atoms with E-state index in [1.807, 2.05) is 6.07 Å². The van der Waals surface area contributed by atoms with Gasteiger partial charge in [0, 0.05) is 44.2 Å². The molecule has 2 saturated heterocycles. The molecular weight excluding hydrogens is 521 g/mol. The van der Waals surface area contributed by atoms with Crippen molar-refractivity contribution < 1.29 is 13.9 Å². The maximum absolute atomic E-state index is 14.5. The van der Waals surface area contributed by atoms with Crippen molar-refractivity contribution in [2.75, 3.05) is 58.3 Å². The Morgan fingerprint density at radius 2 is 2.12 bits per heavy atom. The zero-order valence-electron chi connectivity index (χ0n) is 24.0. The van der Waals surface area contributed by atoms with Crippen molar-refractivity contribution >= 4 is 11.7 Å². The number of nitrogens with zero attached hydrogens (tertiary/aromatic N) is 7. The molecule has 1 spiro atoms. The molecule has 1 aromatic heterocycles. The van der Waals surface area contributed by atoms with Crippen LogP contribution in [-0.2, 0) is 29.7 Å². The van der Waals surface area contributed by atoms with Crippen LogP contribution in [0, 0.1) is 12.4 Å². The van der Waals surface area contributed by atoms with Crippen LogP contribution in [0.25, 0.3) is 4.85 Å². The van der Waals surface area contributed by atoms with Gasteiger partial charge in [0.2, 0.25) is 12.5 Å². The second-order valence-electron chi connectivity index (χ2n) is 11.9. The molecule has 4 aliphatic rings. The first-order valence-corrected chi connectivity index (χ1v) is 14.6. The first-order chi connectivity index (χ1) is 19.8. The smallest absolute Gasteiger partial charge is 0.318 e. The molecule has 3 atom stereocenters. The van der Waals surface area contributed by atoms with Crippen LogP contribution in [0.4, 0.5) is 10.2 Å². The van der Waals surface area contributed by atoms with E-state index in [9.17, 15) is 9.18 Å². The molecule has 216 valence electrons. The van der Waals surface area contributed by atoms with Crippen molar-refractivity contribution in [2.45, 2.75) is 56.3 Å². The van der Waals surface area contributed by atoms with E-state index in [2.05, 4.69) is 40.2 Å². The molecule has 2 aromatic rings. The van der Waals surface area contributed by atoms with Crippen molar-refractivity contribution in [3.05, 3.63) is 70.5 Å². The number of anilines is 1. The monoisotopic (exact) mass is 559 g/mol. The number of aryl methyl sites for hydroxylation is 1. The van der Waals surface area contributed by atoms with Gasteiger partial charge in [0.25, 0.3) is 0 Å². The van der Waals surface area contributed by atoms with Crippen LogP contribution >= 0.6 is 0 Å². The van der Waals surface area contributed by atoms with E-state index >= 15 is 0 Å². The second kappa shape index (κ2) is 11.0. The van der Waals surface area contributed by atoms with E-state index in [1.54, 1.807) is 17.0 Å². The molecule has 2 fully saturated rings. The topological polar surface area (TPSA) is 69.4 Å². The summed E-state index contributed by atoms with van der Waals surface area (Å²) in [6.45, 7) is 15.1. The number of piperazine rings is 1. The number of hydrogen-bond donors (Lipinski definition) is 0. The molecule has 0 saturated carbocycles. The number of carbonyl (C=O) groups excluding carboxylic acids is 1. The summed E-state index contributed by atoms with van der Waals surface area (Å²) in [4.78, 5) is 34.7. The highest BCUT2D eigenvalue weighted by molar-refractivity contribution is 5.87. The fourth-order valence-corrected chi connectivity index (χ4v) is 7.26. The van der Waals surface area contributed by atoms with Gasteiger partial charge in [0.05, 0.1) is 11.2 Å². The van der Waals surface area contributed by atoms with Gasteiger partial charge in [-0.2, -0.15) is 9.97 Å². The van der Waals surface area contributed by atoms with Crippen molar-refractivity contribution in [1.29, 1.82) is 0 Å². The van der Waals surface area contributed by atoms with E-state index in [-0.39, 0.29) is 29.8 Å². The van der Waals surface area contributed by atoms with Gasteiger partial charge in [-0.1, -0.05) is 12.6 Å². The van der Waals surface area contributed by atoms with Crippen LogP contribution in [0.1, 0.15) is 41.6 Å². The van der Waals surface area contributed by atoms with Crippen molar-refractivity contribution in [3.63, 3.8) is 0 Å². The van der Waals surface area contributed by atoms with Gasteiger partial charge in [0.15, 0.2) is 0 Å². The fraction of sp³-hybridized carbons (Fsp3) is 0.548. The van der Waals surface area contributed by atoms with E-state index in [4.69, 9.17) is 21.3 Å². The number of halogens is 1. The number of ether oxygens (including phenoxy) is 1. The maximum Gasteiger partial charge on any atom is 0.318 e. The summed E-state index contributed by atoms with van der Waals surface area (Å²) in [6, 6.07) is 5.61. The third-order valence-electron chi connectivity index (χ3n) is 9.64. The van der Waals surface area contributed by atoms with Crippen LogP contribution in [0.2, 0.25) is 0 Å². The number of fused-ring (bicyclic) bond motifs is 3. The standard InChI is InChI=1S/C31H38FN7O2/c1-5-28(40)39-14-13-38(18-24(39)17-33-2)29-25-19-37(4)31(11-10-21-8-9-22(32)15-26(21)31)16-27(25)34-30(35-29)41-20-23-7-6-12-36(23)3/h5,8-9,15,23-24H,1,6-7,10-14,16-20H2,3-4H3/t23-,24-,31?/m0/s1. The molecule has 1 aliphatic carbocycles. The van der Waals surface area contributed by atoms with E-state index in [0.717, 1.165) is 54.9 Å². The van der Waals surface area contributed by atoms with Gasteiger partial charge in [-0.3, -0.25) is 9.69 Å². The normalized spacial score (nSPS) is 26.1. The Morgan fingerprint density at radius 3 is 2.88 bits per heavy atom. The number of rotatable bonds is 6. The molecule has 4 heterocycles. The van der Waals surface area contributed by atoms with Crippen molar-refractivity contribution in [2.24, 2.45) is 0 Å². The van der Waals surface area contributed by atoms with Crippen LogP contribution in [-0.4, -0.2) is 96.1 Å². The Bertz CT molecular complexity index is 1390. The number of aromatic nitrogens is 2. The first kappa shape index (κ1) is 27.6. The van der Waals surface area contributed by atoms with Crippen LogP contribution in [0.15, 0.2) is 30.9 Å². The third kappa shape index (κ3) is 4.95. The molecule has 1 amide bonds. The predicted molar refractivity (Wildman–Crippen MR) is 154 cm³/mol. The number of likely N-dealkylation sites (tertiary alicyclic amines) is 1. The highest BCUT2D eigenvalue weighted by atomic mass is 19.1. The molecule has 10 heteroatoms. The van der Waals surface area contributed by atoms with Gasteiger partial charge >= 0.3 is 6.01 Å². The van der Waals surface area contributed by atoms with Gasteiger partial charge in [0.1, 0.15) is 24.3 Å². The molecule has 6 rings (SSSR count). The maximum atomic E-state index is 14.5. The van der Waals surface area contributed by atoms with Crippen LogP contribution in [0.3, 0.4) is 0 Å². The lowest BCUT2D eigenvalue weighted by Gasteiger charge is -2.46. The predicted octanol–water partition coefficient (Wildman–Crippen LogP) is 3.04. The van der Waals surface area contributed by atoms with Gasteiger partial charge < -0.3 is 24.3 Å². The molecule has 0 N–H and O–H groups in total. The fourth-order valence-electron chi connectivity index (χ4n) is 7.26. The Kier molecular flexibility index (Phi) is 7.43. The summed E-state index contributed by atoms with van der Waals surface area (Å²) >= 11 is 0. The SMILES string of the molecule is [C-]#[N+]C[C@H]1CN(c2nc(OC[C@@H]3CCCN3C)nc3c2CN(C)C2(CCc4ccc(F)cc42)C3)CCN1C(=O)C=C. The highest BCUT2D eigenvalue weighted by Crippen LogP contribution is 2.48. The van der Waals surface area contributed by atoms with Gasteiger partial charge in [-0.25, -0.2) is 11.0 Å². The minimum atomic E-state index is -0.333. The van der Waals surface area contributed by atoms with Crippen LogP contribution < -0.4 is 9.64 Å². The largest absolute Gasteiger partial charge is 0.462 e. The summed E-state index contributed by atoms with van der Waals surface area (Å²) in [7, 11) is 4.23. The number of likely N-dealkylation sites (N-methyl/N-ethyl adjacent to an activating group) is 2. The van der Waals surface area contributed by atoms with E-state index in [1.165, 1.54) is 11.6 Å². The molecule has 1 aromatic carbocycles. The number of amides is 1. The Balaban J connectivity index is 1.37. The molecule has 1 unspecified atom stereocenters. The van der Waals surface area contributed by atoms with Crippen LogP contribution in [0.5, 0.6) is 6.01 Å². The van der Waals surface area contributed by atoms with Crippen molar-refractivity contribution in [1.82, 2.24) is 24.7 Å². The number of hydrogen-bond acceptors (Lipinski definition) is 7. The van der Waals surface area contributed by atoms with E-state index in [0.29, 0.717) is 51.3 Å². The molecule has 41 heavy (non-hydrogen) atoms. The van der Waals surface area contributed by atoms with E-state index < -0.39 is 0 Å². The lowest BCUT2D eigenvalue weighted by Crippen LogP contribution is -2.56. The average Bonchev–Trinajstić information content (AvgIpc) is 3.55. The lowest BCUT2D eigenvalue weighted by atomic mass is 9.81. The number of carbonyl (C=O) groups is 1. The minimum Gasteiger partial charge on any atom is -0.462 e. The molecular formula is C31H38FN7O2. The van der Waals surface area contributed by atoms with Crippen molar-refractivity contribution in [3.8, 4) is 6.01 Å². The Labute approximate surface area is 241 Å². The molecule has 3 aliphatic heterocycles. The minimum absolute atomic E-state index is 0.151.